The fourth-order valence-electron chi connectivity index (χ4n) is 1.93. The van der Waals surface area contributed by atoms with Gasteiger partial charge < -0.3 is 9.47 Å². The Morgan fingerprint density at radius 3 is 2.42 bits per heavy atom. The lowest BCUT2D eigenvalue weighted by molar-refractivity contribution is -0.134. The van der Waals surface area contributed by atoms with Gasteiger partial charge in [-0.1, -0.05) is 18.2 Å². The van der Waals surface area contributed by atoms with Crippen molar-refractivity contribution in [2.45, 2.75) is 4.90 Å². The number of hydrogen-bond donors (Lipinski definition) is 1. The minimum Gasteiger partial charge on any atom is -0.497 e. The molecule has 0 heterocycles. The molecule has 2 rings (SSSR count). The van der Waals surface area contributed by atoms with E-state index < -0.39 is 16.0 Å². The molecule has 0 aromatic heterocycles. The normalized spacial score (nSPS) is 11.2. The Morgan fingerprint density at radius 1 is 1.08 bits per heavy atom. The molecule has 2 aromatic rings. The van der Waals surface area contributed by atoms with Gasteiger partial charge in [-0.25, -0.2) is 13.2 Å². The number of benzene rings is 2. The highest BCUT2D eigenvalue weighted by Crippen LogP contribution is 2.26. The number of esters is 1. The summed E-state index contributed by atoms with van der Waals surface area (Å²) >= 11 is 0. The number of anilines is 1. The van der Waals surface area contributed by atoms with E-state index in [9.17, 15) is 13.2 Å². The fourth-order valence-corrected chi connectivity index (χ4v) is 3.04. The van der Waals surface area contributed by atoms with E-state index in [1.807, 2.05) is 0 Å². The molecule has 126 valence electrons. The van der Waals surface area contributed by atoms with E-state index in [-0.39, 0.29) is 4.90 Å². The summed E-state index contributed by atoms with van der Waals surface area (Å²) in [6.45, 7) is 0. The van der Waals surface area contributed by atoms with E-state index in [0.717, 1.165) is 0 Å². The summed E-state index contributed by atoms with van der Waals surface area (Å²) in [4.78, 5) is 11.4. The van der Waals surface area contributed by atoms with Crippen molar-refractivity contribution in [1.82, 2.24) is 0 Å². The summed E-state index contributed by atoms with van der Waals surface area (Å²) in [6.07, 6.45) is 2.66. The largest absolute Gasteiger partial charge is 0.497 e. The molecule has 24 heavy (non-hydrogen) atoms. The lowest BCUT2D eigenvalue weighted by Gasteiger charge is -2.12. The highest BCUT2D eigenvalue weighted by molar-refractivity contribution is 7.92. The minimum absolute atomic E-state index is 0.142. The standard InChI is InChI=1S/C17H17NO5S/c1-22-14-9-10-16(13(12-14)8-11-17(19)23-2)18-24(20,21)15-6-4-3-5-7-15/h3-12,18H,1-2H3/b11-8+. The second-order valence-electron chi connectivity index (χ2n) is 4.73. The van der Waals surface area contributed by atoms with E-state index in [1.54, 1.807) is 36.4 Å². The van der Waals surface area contributed by atoms with Gasteiger partial charge >= 0.3 is 5.97 Å². The Kier molecular flexibility index (Phi) is 5.59. The molecule has 0 saturated carbocycles. The van der Waals surface area contributed by atoms with Crippen LogP contribution in [0.3, 0.4) is 0 Å². The number of carbonyl (C=O) groups is 1. The zero-order valence-electron chi connectivity index (χ0n) is 13.2. The van der Waals surface area contributed by atoms with Gasteiger partial charge in [0.25, 0.3) is 10.0 Å². The minimum atomic E-state index is -3.74. The number of sulfonamides is 1. The van der Waals surface area contributed by atoms with Crippen LogP contribution in [0.15, 0.2) is 59.5 Å². The Balaban J connectivity index is 2.39. The Morgan fingerprint density at radius 2 is 1.79 bits per heavy atom. The maximum absolute atomic E-state index is 12.4. The molecule has 0 fully saturated rings. The van der Waals surface area contributed by atoms with Crippen molar-refractivity contribution < 1.29 is 22.7 Å². The van der Waals surface area contributed by atoms with Gasteiger partial charge in [-0.05, 0) is 36.4 Å². The van der Waals surface area contributed by atoms with E-state index >= 15 is 0 Å². The van der Waals surface area contributed by atoms with Crippen LogP contribution >= 0.6 is 0 Å². The second kappa shape index (κ2) is 7.65. The lowest BCUT2D eigenvalue weighted by atomic mass is 10.1. The van der Waals surface area contributed by atoms with E-state index in [2.05, 4.69) is 9.46 Å². The molecule has 0 aliphatic carbocycles. The summed E-state index contributed by atoms with van der Waals surface area (Å²) in [5.74, 6) is -0.0168. The molecule has 2 aromatic carbocycles. The predicted octanol–water partition coefficient (Wildman–Crippen LogP) is 2.68. The van der Waals surface area contributed by atoms with Crippen molar-refractivity contribution in [1.29, 1.82) is 0 Å². The molecule has 0 aliphatic heterocycles. The van der Waals surface area contributed by atoms with Gasteiger partial charge in [0, 0.05) is 11.6 Å². The third-order valence-electron chi connectivity index (χ3n) is 3.16. The van der Waals surface area contributed by atoms with Gasteiger partial charge in [-0.2, -0.15) is 0 Å². The van der Waals surface area contributed by atoms with Gasteiger partial charge in [0.15, 0.2) is 0 Å². The predicted molar refractivity (Wildman–Crippen MR) is 91.3 cm³/mol. The third kappa shape index (κ3) is 4.36. The van der Waals surface area contributed by atoms with Crippen molar-refractivity contribution >= 4 is 27.8 Å². The van der Waals surface area contributed by atoms with E-state index in [1.165, 1.54) is 38.5 Å². The smallest absolute Gasteiger partial charge is 0.330 e. The van der Waals surface area contributed by atoms with Gasteiger partial charge in [-0.3, -0.25) is 4.72 Å². The van der Waals surface area contributed by atoms with Crippen LogP contribution < -0.4 is 9.46 Å². The van der Waals surface area contributed by atoms with Gasteiger partial charge in [0.2, 0.25) is 0 Å². The molecular formula is C17H17NO5S. The van der Waals surface area contributed by atoms with Crippen molar-refractivity contribution in [3.8, 4) is 5.75 Å². The first-order valence-electron chi connectivity index (χ1n) is 6.98. The number of carbonyl (C=O) groups excluding carboxylic acids is 1. The topological polar surface area (TPSA) is 81.7 Å². The van der Waals surface area contributed by atoms with Crippen LogP contribution in [-0.4, -0.2) is 28.6 Å². The van der Waals surface area contributed by atoms with Crippen molar-refractivity contribution in [3.63, 3.8) is 0 Å². The molecule has 1 N–H and O–H groups in total. The van der Waals surface area contributed by atoms with E-state index in [0.29, 0.717) is 17.0 Å². The third-order valence-corrected chi connectivity index (χ3v) is 4.54. The zero-order valence-corrected chi connectivity index (χ0v) is 14.0. The average Bonchev–Trinajstić information content (AvgIpc) is 2.61. The summed E-state index contributed by atoms with van der Waals surface area (Å²) in [6, 6.07) is 12.8. The highest BCUT2D eigenvalue weighted by atomic mass is 32.2. The number of ether oxygens (including phenoxy) is 2. The summed E-state index contributed by atoms with van der Waals surface area (Å²) in [5, 5.41) is 0. The monoisotopic (exact) mass is 347 g/mol. The van der Waals surface area contributed by atoms with E-state index in [4.69, 9.17) is 4.74 Å². The zero-order chi connectivity index (χ0) is 17.6. The van der Waals surface area contributed by atoms with Crippen LogP contribution in [-0.2, 0) is 19.6 Å². The first-order chi connectivity index (χ1) is 11.5. The van der Waals surface area contributed by atoms with Crippen molar-refractivity contribution in [3.05, 3.63) is 60.2 Å². The van der Waals surface area contributed by atoms with Crippen molar-refractivity contribution in [2.24, 2.45) is 0 Å². The van der Waals surface area contributed by atoms with Crippen LogP contribution in [0, 0.1) is 0 Å². The summed E-state index contributed by atoms with van der Waals surface area (Å²) in [5.41, 5.74) is 0.791. The number of nitrogens with one attached hydrogen (secondary N) is 1. The van der Waals surface area contributed by atoms with Crippen LogP contribution in [0.2, 0.25) is 0 Å². The molecule has 0 saturated heterocycles. The van der Waals surface area contributed by atoms with Crippen LogP contribution in [0.4, 0.5) is 5.69 Å². The average molecular weight is 347 g/mol. The molecule has 0 bridgehead atoms. The highest BCUT2D eigenvalue weighted by Gasteiger charge is 2.15. The molecule has 6 nitrogen and oxygen atoms in total. The molecule has 0 aliphatic rings. The first-order valence-corrected chi connectivity index (χ1v) is 8.46. The number of rotatable bonds is 6. The second-order valence-corrected chi connectivity index (χ2v) is 6.41. The molecule has 0 amide bonds. The molecule has 0 atom stereocenters. The van der Waals surface area contributed by atoms with Gasteiger partial charge in [-0.15, -0.1) is 0 Å². The van der Waals surface area contributed by atoms with Crippen molar-refractivity contribution in [2.75, 3.05) is 18.9 Å². The number of methoxy groups -OCH3 is 2. The Bertz CT molecular complexity index is 845. The van der Waals surface area contributed by atoms with Crippen LogP contribution in [0.1, 0.15) is 5.56 Å². The van der Waals surface area contributed by atoms with Crippen LogP contribution in [0.5, 0.6) is 5.75 Å². The van der Waals surface area contributed by atoms with Crippen LogP contribution in [0.25, 0.3) is 6.08 Å². The first kappa shape index (κ1) is 17.6. The maximum atomic E-state index is 12.4. The fraction of sp³-hybridized carbons (Fsp3) is 0.118. The Labute approximate surface area is 140 Å². The molecular weight excluding hydrogens is 330 g/mol. The summed E-state index contributed by atoms with van der Waals surface area (Å²) < 4.78 is 37.1. The Hall–Kier alpha value is -2.80. The lowest BCUT2D eigenvalue weighted by Crippen LogP contribution is -2.13. The SMILES string of the molecule is COC(=O)/C=C/c1cc(OC)ccc1NS(=O)(=O)c1ccccc1. The molecule has 0 spiro atoms. The molecule has 0 radical (unpaired) electrons. The summed E-state index contributed by atoms with van der Waals surface area (Å²) in [7, 11) is -0.982. The molecule has 7 heteroatoms. The number of hydrogen-bond acceptors (Lipinski definition) is 5. The quantitative estimate of drug-likeness (QED) is 0.642. The van der Waals surface area contributed by atoms with Gasteiger partial charge in [0.1, 0.15) is 5.75 Å². The maximum Gasteiger partial charge on any atom is 0.330 e. The molecule has 0 unspecified atom stereocenters. The van der Waals surface area contributed by atoms with Gasteiger partial charge in [0.05, 0.1) is 24.8 Å².